The molecule has 0 aliphatic rings. The first kappa shape index (κ1) is 19.2. The molecule has 0 saturated heterocycles. The number of guanidine groups is 1. The predicted octanol–water partition coefficient (Wildman–Crippen LogP) is 2.85. The molecule has 0 fully saturated rings. The summed E-state index contributed by atoms with van der Waals surface area (Å²) in [6.07, 6.45) is 3.70. The Bertz CT molecular complexity index is 662. The lowest BCUT2D eigenvalue weighted by Gasteiger charge is -2.11. The first-order valence-electron chi connectivity index (χ1n) is 8.57. The van der Waals surface area contributed by atoms with Crippen LogP contribution in [0.3, 0.4) is 0 Å². The van der Waals surface area contributed by atoms with Crippen LogP contribution in [0, 0.1) is 13.8 Å². The number of nitrogens with one attached hydrogen (secondary N) is 2. The quantitative estimate of drug-likeness (QED) is 0.559. The van der Waals surface area contributed by atoms with Gasteiger partial charge in [-0.2, -0.15) is 0 Å². The zero-order chi connectivity index (χ0) is 18.1. The van der Waals surface area contributed by atoms with Gasteiger partial charge in [-0.3, -0.25) is 4.99 Å². The van der Waals surface area contributed by atoms with Crippen LogP contribution in [0.4, 0.5) is 0 Å². The van der Waals surface area contributed by atoms with Crippen molar-refractivity contribution in [1.29, 1.82) is 0 Å². The number of hydrogen-bond donors (Lipinski definition) is 2. The van der Waals surface area contributed by atoms with E-state index < -0.39 is 0 Å². The minimum absolute atomic E-state index is 0.663. The van der Waals surface area contributed by atoms with Gasteiger partial charge in [0, 0.05) is 43.7 Å². The summed E-state index contributed by atoms with van der Waals surface area (Å²) in [5.41, 5.74) is 2.21. The summed E-state index contributed by atoms with van der Waals surface area (Å²) in [6.45, 7) is 8.39. The number of pyridine rings is 1. The Morgan fingerprint density at radius 2 is 2.12 bits per heavy atom. The third kappa shape index (κ3) is 6.34. The third-order valence-corrected chi connectivity index (χ3v) is 4.77. The highest BCUT2D eigenvalue weighted by Gasteiger charge is 2.04. The van der Waals surface area contributed by atoms with E-state index in [-0.39, 0.29) is 0 Å². The normalized spacial score (nSPS) is 11.4. The van der Waals surface area contributed by atoms with Crippen molar-refractivity contribution in [1.82, 2.24) is 20.6 Å². The second-order valence-corrected chi connectivity index (χ2v) is 6.99. The maximum atomic E-state index is 5.49. The van der Waals surface area contributed by atoms with E-state index in [1.54, 1.807) is 18.4 Å². The molecule has 0 aromatic carbocycles. The minimum Gasteiger partial charge on any atom is -0.478 e. The van der Waals surface area contributed by atoms with E-state index in [4.69, 9.17) is 4.74 Å². The predicted molar refractivity (Wildman–Crippen MR) is 104 cm³/mol. The summed E-state index contributed by atoms with van der Waals surface area (Å²) in [6, 6.07) is 3.91. The maximum absolute atomic E-state index is 5.49. The fourth-order valence-corrected chi connectivity index (χ4v) is 3.08. The second kappa shape index (κ2) is 9.98. The average Bonchev–Trinajstić information content (AvgIpc) is 2.94. The van der Waals surface area contributed by atoms with Gasteiger partial charge in [0.05, 0.1) is 17.3 Å². The van der Waals surface area contributed by atoms with E-state index in [1.807, 2.05) is 18.3 Å². The van der Waals surface area contributed by atoms with Crippen molar-refractivity contribution < 1.29 is 4.74 Å². The lowest BCUT2D eigenvalue weighted by atomic mass is 10.3. The van der Waals surface area contributed by atoms with Crippen LogP contribution in [-0.4, -0.2) is 36.1 Å². The van der Waals surface area contributed by atoms with E-state index in [2.05, 4.69) is 46.4 Å². The van der Waals surface area contributed by atoms with Crippen LogP contribution in [0.25, 0.3) is 0 Å². The summed E-state index contributed by atoms with van der Waals surface area (Å²) in [4.78, 5) is 14.4. The van der Waals surface area contributed by atoms with Gasteiger partial charge in [-0.05, 0) is 25.8 Å². The summed E-state index contributed by atoms with van der Waals surface area (Å²) >= 11 is 1.76. The molecule has 2 heterocycles. The van der Waals surface area contributed by atoms with Crippen LogP contribution in [0.1, 0.15) is 34.5 Å². The molecule has 2 rings (SSSR count). The van der Waals surface area contributed by atoms with Gasteiger partial charge in [-0.1, -0.05) is 13.0 Å². The molecule has 7 heteroatoms. The number of rotatable bonds is 8. The van der Waals surface area contributed by atoms with Gasteiger partial charge in [-0.15, -0.1) is 11.3 Å². The zero-order valence-electron chi connectivity index (χ0n) is 15.4. The Labute approximate surface area is 153 Å². The smallest absolute Gasteiger partial charge is 0.213 e. The lowest BCUT2D eigenvalue weighted by Crippen LogP contribution is -2.37. The molecule has 0 atom stereocenters. The monoisotopic (exact) mass is 361 g/mol. The first-order chi connectivity index (χ1) is 12.1. The van der Waals surface area contributed by atoms with E-state index in [9.17, 15) is 0 Å². The van der Waals surface area contributed by atoms with Crippen LogP contribution < -0.4 is 15.4 Å². The Hall–Kier alpha value is -2.15. The maximum Gasteiger partial charge on any atom is 0.213 e. The molecular formula is C18H27N5OS. The highest BCUT2D eigenvalue weighted by atomic mass is 32.1. The Balaban J connectivity index is 1.74. The van der Waals surface area contributed by atoms with Crippen LogP contribution in [0.2, 0.25) is 0 Å². The number of nitrogens with zero attached hydrogens (tertiary/aromatic N) is 3. The fourth-order valence-electron chi connectivity index (χ4n) is 2.15. The van der Waals surface area contributed by atoms with E-state index in [0.29, 0.717) is 19.0 Å². The largest absolute Gasteiger partial charge is 0.478 e. The van der Waals surface area contributed by atoms with Gasteiger partial charge in [0.2, 0.25) is 5.88 Å². The van der Waals surface area contributed by atoms with Crippen LogP contribution in [-0.2, 0) is 13.0 Å². The van der Waals surface area contributed by atoms with Gasteiger partial charge < -0.3 is 15.4 Å². The number of thiazole rings is 1. The van der Waals surface area contributed by atoms with Crippen molar-refractivity contribution in [2.24, 2.45) is 4.99 Å². The molecule has 25 heavy (non-hydrogen) atoms. The van der Waals surface area contributed by atoms with Crippen molar-refractivity contribution >= 4 is 17.3 Å². The SMILES string of the molecule is CCCOc1ccc(CNC(=NC)NCCc2nc(C)c(C)s2)cn1. The number of hydrogen-bond acceptors (Lipinski definition) is 5. The fraction of sp³-hybridized carbons (Fsp3) is 0.500. The molecule has 0 bridgehead atoms. The topological polar surface area (TPSA) is 71.4 Å². The molecule has 2 aromatic heterocycles. The molecule has 0 aliphatic carbocycles. The molecule has 2 N–H and O–H groups in total. The molecule has 136 valence electrons. The number of aliphatic imine (C=N–C) groups is 1. The molecule has 0 radical (unpaired) electrons. The molecule has 0 aliphatic heterocycles. The third-order valence-electron chi connectivity index (χ3n) is 3.64. The Kier molecular flexibility index (Phi) is 7.66. The van der Waals surface area contributed by atoms with Crippen molar-refractivity contribution in [3.05, 3.63) is 39.5 Å². The molecule has 2 aromatic rings. The molecule has 6 nitrogen and oxygen atoms in total. The summed E-state index contributed by atoms with van der Waals surface area (Å²) in [5.74, 6) is 1.44. The van der Waals surface area contributed by atoms with Crippen molar-refractivity contribution in [3.8, 4) is 5.88 Å². The molecule has 0 unspecified atom stereocenters. The summed E-state index contributed by atoms with van der Waals surface area (Å²) < 4.78 is 5.49. The molecule has 0 spiro atoms. The second-order valence-electron chi connectivity index (χ2n) is 5.70. The number of aromatic nitrogens is 2. The summed E-state index contributed by atoms with van der Waals surface area (Å²) in [7, 11) is 1.77. The van der Waals surface area contributed by atoms with Gasteiger partial charge in [0.15, 0.2) is 5.96 Å². The van der Waals surface area contributed by atoms with Crippen LogP contribution in [0.15, 0.2) is 23.3 Å². The number of aryl methyl sites for hydroxylation is 2. The lowest BCUT2D eigenvalue weighted by molar-refractivity contribution is 0.305. The van der Waals surface area contributed by atoms with Crippen molar-refractivity contribution in [2.45, 2.75) is 40.2 Å². The van der Waals surface area contributed by atoms with Gasteiger partial charge >= 0.3 is 0 Å². The average molecular weight is 362 g/mol. The molecule has 0 saturated carbocycles. The van der Waals surface area contributed by atoms with Gasteiger partial charge in [0.25, 0.3) is 0 Å². The molecular weight excluding hydrogens is 334 g/mol. The van der Waals surface area contributed by atoms with Crippen LogP contribution >= 0.6 is 11.3 Å². The Morgan fingerprint density at radius 1 is 1.28 bits per heavy atom. The van der Waals surface area contributed by atoms with E-state index in [1.165, 1.54) is 4.88 Å². The van der Waals surface area contributed by atoms with E-state index in [0.717, 1.165) is 41.6 Å². The Morgan fingerprint density at radius 3 is 2.72 bits per heavy atom. The summed E-state index contributed by atoms with van der Waals surface area (Å²) in [5, 5.41) is 7.77. The first-order valence-corrected chi connectivity index (χ1v) is 9.39. The zero-order valence-corrected chi connectivity index (χ0v) is 16.2. The van der Waals surface area contributed by atoms with Crippen molar-refractivity contribution in [3.63, 3.8) is 0 Å². The van der Waals surface area contributed by atoms with Crippen LogP contribution in [0.5, 0.6) is 5.88 Å². The number of ether oxygens (including phenoxy) is 1. The molecule has 0 amide bonds. The highest BCUT2D eigenvalue weighted by Crippen LogP contribution is 2.16. The van der Waals surface area contributed by atoms with E-state index >= 15 is 0 Å². The van der Waals surface area contributed by atoms with Gasteiger partial charge in [0.1, 0.15) is 0 Å². The highest BCUT2D eigenvalue weighted by molar-refractivity contribution is 7.11. The van der Waals surface area contributed by atoms with Gasteiger partial charge in [-0.25, -0.2) is 9.97 Å². The minimum atomic E-state index is 0.663. The standard InChI is InChI=1S/C18H27N5OS/c1-5-10-24-16-7-6-15(11-21-16)12-22-18(19-4)20-9-8-17-23-13(2)14(3)25-17/h6-7,11H,5,8-10,12H2,1-4H3,(H2,19,20,22). The van der Waals surface area contributed by atoms with Crippen molar-refractivity contribution in [2.75, 3.05) is 20.2 Å².